The number of ether oxygens (including phenoxy) is 1. The van der Waals surface area contributed by atoms with Gasteiger partial charge in [0.1, 0.15) is 0 Å². The van der Waals surface area contributed by atoms with E-state index in [0.717, 1.165) is 0 Å². The standard InChI is InChI=1S/C13H13N3O3S3/c1-2-19-10(17)6-8-7-22-13(14-8)16-12(20)15-11(18)9-4-3-5-21-9/h3-5,7H,2,6H2,1H3,(H2,14,15,16,18,20). The summed E-state index contributed by atoms with van der Waals surface area (Å²) in [5, 5.41) is 9.61. The number of hydrogen-bond acceptors (Lipinski definition) is 7. The van der Waals surface area contributed by atoms with Gasteiger partial charge in [0.2, 0.25) is 0 Å². The van der Waals surface area contributed by atoms with E-state index in [1.165, 1.54) is 22.7 Å². The second-order valence-corrected chi connectivity index (χ2v) is 6.23. The highest BCUT2D eigenvalue weighted by atomic mass is 32.1. The fraction of sp³-hybridized carbons (Fsp3) is 0.231. The first kappa shape index (κ1) is 16.5. The maximum absolute atomic E-state index is 11.8. The minimum Gasteiger partial charge on any atom is -0.466 e. The monoisotopic (exact) mass is 355 g/mol. The van der Waals surface area contributed by atoms with Crippen LogP contribution in [0.1, 0.15) is 22.3 Å². The number of anilines is 1. The molecule has 0 saturated heterocycles. The Morgan fingerprint density at radius 3 is 2.91 bits per heavy atom. The van der Waals surface area contributed by atoms with Gasteiger partial charge in [0, 0.05) is 5.38 Å². The number of esters is 1. The van der Waals surface area contributed by atoms with Gasteiger partial charge >= 0.3 is 5.97 Å². The molecule has 6 nitrogen and oxygen atoms in total. The van der Waals surface area contributed by atoms with E-state index in [9.17, 15) is 9.59 Å². The molecule has 0 aliphatic rings. The van der Waals surface area contributed by atoms with Crippen molar-refractivity contribution in [2.75, 3.05) is 11.9 Å². The summed E-state index contributed by atoms with van der Waals surface area (Å²) in [6.45, 7) is 2.09. The van der Waals surface area contributed by atoms with Crippen LogP contribution >= 0.6 is 34.9 Å². The molecule has 0 bridgehead atoms. The number of nitrogens with zero attached hydrogens (tertiary/aromatic N) is 1. The Morgan fingerprint density at radius 1 is 1.41 bits per heavy atom. The molecule has 0 aliphatic carbocycles. The molecule has 2 N–H and O–H groups in total. The minimum atomic E-state index is -0.326. The molecule has 1 amide bonds. The third-order valence-corrected chi connectivity index (χ3v) is 4.25. The number of rotatable bonds is 5. The van der Waals surface area contributed by atoms with Crippen LogP contribution in [-0.2, 0) is 16.0 Å². The van der Waals surface area contributed by atoms with Crippen molar-refractivity contribution in [3.8, 4) is 0 Å². The van der Waals surface area contributed by atoms with Crippen molar-refractivity contribution in [3.05, 3.63) is 33.5 Å². The van der Waals surface area contributed by atoms with Crippen LogP contribution in [-0.4, -0.2) is 28.6 Å². The summed E-state index contributed by atoms with van der Waals surface area (Å²) in [6, 6.07) is 3.50. The van der Waals surface area contributed by atoms with Crippen molar-refractivity contribution < 1.29 is 14.3 Å². The van der Waals surface area contributed by atoms with Gasteiger partial charge < -0.3 is 10.1 Å². The van der Waals surface area contributed by atoms with Gasteiger partial charge in [-0.2, -0.15) is 0 Å². The predicted molar refractivity (Wildman–Crippen MR) is 90.5 cm³/mol. The number of thiophene rings is 1. The fourth-order valence-electron chi connectivity index (χ4n) is 1.51. The van der Waals surface area contributed by atoms with Crippen LogP contribution in [0.4, 0.5) is 5.13 Å². The lowest BCUT2D eigenvalue weighted by Gasteiger charge is -2.05. The van der Waals surface area contributed by atoms with E-state index in [-0.39, 0.29) is 23.4 Å². The lowest BCUT2D eigenvalue weighted by Crippen LogP contribution is -2.33. The Morgan fingerprint density at radius 2 is 2.23 bits per heavy atom. The Labute approximate surface area is 140 Å². The molecule has 0 spiro atoms. The SMILES string of the molecule is CCOC(=O)Cc1csc(NC(=S)NC(=O)c2cccs2)n1. The summed E-state index contributed by atoms with van der Waals surface area (Å²) in [6.07, 6.45) is 0.111. The van der Waals surface area contributed by atoms with Crippen molar-refractivity contribution in [1.29, 1.82) is 0 Å². The van der Waals surface area contributed by atoms with Gasteiger partial charge in [0.25, 0.3) is 5.91 Å². The third-order valence-electron chi connectivity index (χ3n) is 2.38. The van der Waals surface area contributed by atoms with E-state index in [2.05, 4.69) is 15.6 Å². The summed E-state index contributed by atoms with van der Waals surface area (Å²) in [7, 11) is 0. The van der Waals surface area contributed by atoms with Crippen LogP contribution < -0.4 is 10.6 Å². The van der Waals surface area contributed by atoms with Gasteiger partial charge in [-0.3, -0.25) is 14.9 Å². The van der Waals surface area contributed by atoms with Crippen LogP contribution in [0.3, 0.4) is 0 Å². The van der Waals surface area contributed by atoms with E-state index < -0.39 is 0 Å². The highest BCUT2D eigenvalue weighted by Gasteiger charge is 2.11. The molecule has 2 rings (SSSR count). The maximum atomic E-state index is 11.8. The third kappa shape index (κ3) is 4.86. The summed E-state index contributed by atoms with van der Waals surface area (Å²) in [4.78, 5) is 28.0. The number of thiocarbonyl (C=S) groups is 1. The first-order valence-corrected chi connectivity index (χ1v) is 8.51. The number of carbonyl (C=O) groups excluding carboxylic acids is 2. The Balaban J connectivity index is 1.86. The average Bonchev–Trinajstić information content (AvgIpc) is 3.10. The fourth-order valence-corrected chi connectivity index (χ4v) is 3.09. The molecule has 22 heavy (non-hydrogen) atoms. The molecule has 0 aliphatic heterocycles. The van der Waals surface area contributed by atoms with Crippen LogP contribution in [0, 0.1) is 0 Å². The van der Waals surface area contributed by atoms with Gasteiger partial charge in [-0.05, 0) is 30.6 Å². The lowest BCUT2D eigenvalue weighted by atomic mass is 10.3. The number of nitrogens with one attached hydrogen (secondary N) is 2. The largest absolute Gasteiger partial charge is 0.466 e. The smallest absolute Gasteiger partial charge is 0.311 e. The molecule has 2 aromatic heterocycles. The van der Waals surface area contributed by atoms with Gasteiger partial charge in [-0.25, -0.2) is 4.98 Å². The predicted octanol–water partition coefficient (Wildman–Crippen LogP) is 2.44. The van der Waals surface area contributed by atoms with E-state index in [0.29, 0.717) is 22.3 Å². The van der Waals surface area contributed by atoms with Crippen molar-refractivity contribution in [1.82, 2.24) is 10.3 Å². The molecule has 0 saturated carbocycles. The number of hydrogen-bond donors (Lipinski definition) is 2. The van der Waals surface area contributed by atoms with Crippen LogP contribution in [0.5, 0.6) is 0 Å². The number of aromatic nitrogens is 1. The van der Waals surface area contributed by atoms with E-state index in [1.807, 2.05) is 5.38 Å². The average molecular weight is 355 g/mol. The highest BCUT2D eigenvalue weighted by molar-refractivity contribution is 7.80. The summed E-state index contributed by atoms with van der Waals surface area (Å²) >= 11 is 7.69. The van der Waals surface area contributed by atoms with Gasteiger partial charge in [0.05, 0.1) is 23.6 Å². The number of thiazole rings is 1. The molecule has 0 unspecified atom stereocenters. The summed E-state index contributed by atoms with van der Waals surface area (Å²) < 4.78 is 4.85. The first-order valence-electron chi connectivity index (χ1n) is 6.34. The Kier molecular flexibility index (Phi) is 5.99. The summed E-state index contributed by atoms with van der Waals surface area (Å²) in [5.41, 5.74) is 0.596. The highest BCUT2D eigenvalue weighted by Crippen LogP contribution is 2.16. The van der Waals surface area contributed by atoms with Crippen molar-refractivity contribution >= 4 is 57.0 Å². The van der Waals surface area contributed by atoms with Crippen LogP contribution in [0.2, 0.25) is 0 Å². The second-order valence-electron chi connectivity index (χ2n) is 4.01. The Bertz CT molecular complexity index is 667. The molecule has 2 aromatic rings. The van der Waals surface area contributed by atoms with Crippen LogP contribution in [0.15, 0.2) is 22.9 Å². The molecule has 0 aromatic carbocycles. The van der Waals surface area contributed by atoms with Gasteiger partial charge in [0.15, 0.2) is 10.2 Å². The quantitative estimate of drug-likeness (QED) is 0.633. The van der Waals surface area contributed by atoms with Gasteiger partial charge in [-0.1, -0.05) is 6.07 Å². The molecular formula is C13H13N3O3S3. The van der Waals surface area contributed by atoms with Crippen molar-refractivity contribution in [2.45, 2.75) is 13.3 Å². The normalized spacial score (nSPS) is 10.0. The zero-order valence-electron chi connectivity index (χ0n) is 11.6. The minimum absolute atomic E-state index is 0.111. The van der Waals surface area contributed by atoms with Crippen LogP contribution in [0.25, 0.3) is 0 Å². The van der Waals surface area contributed by atoms with Crippen molar-refractivity contribution in [2.24, 2.45) is 0 Å². The molecule has 9 heteroatoms. The first-order chi connectivity index (χ1) is 10.6. The zero-order valence-corrected chi connectivity index (χ0v) is 14.1. The number of amides is 1. The molecular weight excluding hydrogens is 342 g/mol. The zero-order chi connectivity index (χ0) is 15.9. The topological polar surface area (TPSA) is 80.3 Å². The lowest BCUT2D eigenvalue weighted by molar-refractivity contribution is -0.142. The maximum Gasteiger partial charge on any atom is 0.311 e. The Hall–Kier alpha value is -1.84. The molecule has 116 valence electrons. The van der Waals surface area contributed by atoms with Gasteiger partial charge in [-0.15, -0.1) is 22.7 Å². The van der Waals surface area contributed by atoms with E-state index in [4.69, 9.17) is 17.0 Å². The number of carbonyl (C=O) groups is 2. The second kappa shape index (κ2) is 7.97. The van der Waals surface area contributed by atoms with E-state index in [1.54, 1.807) is 24.4 Å². The summed E-state index contributed by atoms with van der Waals surface area (Å²) in [5.74, 6) is -0.594. The molecule has 2 heterocycles. The van der Waals surface area contributed by atoms with Crippen molar-refractivity contribution in [3.63, 3.8) is 0 Å². The molecule has 0 radical (unpaired) electrons. The van der Waals surface area contributed by atoms with E-state index >= 15 is 0 Å². The molecule has 0 atom stereocenters. The molecule has 0 fully saturated rings.